The fourth-order valence-corrected chi connectivity index (χ4v) is 5.45. The van der Waals surface area contributed by atoms with E-state index in [4.69, 9.17) is 10.5 Å². The number of nitrogens with one attached hydrogen (secondary N) is 1. The number of anilines is 2. The van der Waals surface area contributed by atoms with Crippen LogP contribution in [-0.2, 0) is 16.2 Å². The second kappa shape index (κ2) is 10.4. The zero-order valence-corrected chi connectivity index (χ0v) is 22.1. The second-order valence-corrected chi connectivity index (χ2v) is 10.4. The zero-order valence-electron chi connectivity index (χ0n) is 21.3. The van der Waals surface area contributed by atoms with Crippen molar-refractivity contribution >= 4 is 32.6 Å². The van der Waals surface area contributed by atoms with E-state index in [-0.39, 0.29) is 27.9 Å². The molecule has 0 radical (unpaired) electrons. The Balaban J connectivity index is 1.65. The maximum absolute atomic E-state index is 14.2. The van der Waals surface area contributed by atoms with Crippen molar-refractivity contribution in [3.05, 3.63) is 100 Å². The predicted octanol–water partition coefficient (Wildman–Crippen LogP) is 5.14. The van der Waals surface area contributed by atoms with Gasteiger partial charge in [-0.15, -0.1) is 0 Å². The van der Waals surface area contributed by atoms with E-state index < -0.39 is 61.2 Å². The minimum absolute atomic E-state index is 0.0690. The summed E-state index contributed by atoms with van der Waals surface area (Å²) < 4.78 is 103. The molecule has 0 aliphatic rings. The number of pyridine rings is 1. The van der Waals surface area contributed by atoms with Gasteiger partial charge in [0.25, 0.3) is 15.6 Å². The summed E-state index contributed by atoms with van der Waals surface area (Å²) in [6.45, 7) is 0. The van der Waals surface area contributed by atoms with Crippen LogP contribution < -0.4 is 20.8 Å². The Hall–Kier alpha value is -5.05. The fourth-order valence-electron chi connectivity index (χ4n) is 4.24. The molecule has 15 heteroatoms. The third-order valence-electron chi connectivity index (χ3n) is 6.17. The third-order valence-corrected chi connectivity index (χ3v) is 7.54. The maximum Gasteiger partial charge on any atom is 0.418 e. The van der Waals surface area contributed by atoms with Crippen molar-refractivity contribution in [2.45, 2.75) is 11.1 Å². The van der Waals surface area contributed by atoms with E-state index in [0.29, 0.717) is 4.57 Å². The molecule has 3 N–H and O–H groups in total. The molecule has 9 nitrogen and oxygen atoms in total. The van der Waals surface area contributed by atoms with Crippen LogP contribution in [0, 0.1) is 11.6 Å². The Labute approximate surface area is 234 Å². The Kier molecular flexibility index (Phi) is 7.06. The van der Waals surface area contributed by atoms with Crippen LogP contribution in [0.4, 0.5) is 33.6 Å². The molecular formula is C27H18F5N5O4S. The van der Waals surface area contributed by atoms with Gasteiger partial charge in [-0.05, 0) is 48.0 Å². The van der Waals surface area contributed by atoms with Crippen LogP contribution >= 0.6 is 0 Å². The summed E-state index contributed by atoms with van der Waals surface area (Å²) in [7, 11) is -3.44. The van der Waals surface area contributed by atoms with Crippen molar-refractivity contribution in [1.82, 2.24) is 14.5 Å². The average Bonchev–Trinajstić information content (AvgIpc) is 2.94. The van der Waals surface area contributed by atoms with E-state index in [1.165, 1.54) is 36.5 Å². The summed E-state index contributed by atoms with van der Waals surface area (Å²) in [4.78, 5) is 21.0. The van der Waals surface area contributed by atoms with Crippen molar-refractivity contribution < 1.29 is 35.1 Å². The molecule has 0 fully saturated rings. The number of hydrogen-bond acceptors (Lipinski definition) is 7. The number of sulfonamides is 1. The van der Waals surface area contributed by atoms with Crippen LogP contribution in [0.15, 0.2) is 82.6 Å². The van der Waals surface area contributed by atoms with Crippen LogP contribution in [0.3, 0.4) is 0 Å². The molecule has 0 amide bonds. The van der Waals surface area contributed by atoms with Crippen LogP contribution in [0.25, 0.3) is 27.7 Å². The van der Waals surface area contributed by atoms with Gasteiger partial charge in [-0.3, -0.25) is 9.52 Å². The monoisotopic (exact) mass is 603 g/mol. The quantitative estimate of drug-likeness (QED) is 0.257. The Morgan fingerprint density at radius 3 is 2.43 bits per heavy atom. The van der Waals surface area contributed by atoms with Gasteiger partial charge in [-0.25, -0.2) is 31.7 Å². The van der Waals surface area contributed by atoms with Gasteiger partial charge in [0.15, 0.2) is 11.6 Å². The molecule has 0 aliphatic carbocycles. The molecule has 0 atom stereocenters. The number of rotatable bonds is 6. The molecule has 0 unspecified atom stereocenters. The van der Waals surface area contributed by atoms with E-state index in [1.807, 2.05) is 4.72 Å². The van der Waals surface area contributed by atoms with Crippen LogP contribution in [0.5, 0.6) is 5.88 Å². The molecule has 2 aromatic heterocycles. The predicted molar refractivity (Wildman–Crippen MR) is 144 cm³/mol. The van der Waals surface area contributed by atoms with E-state index in [2.05, 4.69) is 9.97 Å². The largest absolute Gasteiger partial charge is 0.480 e. The van der Waals surface area contributed by atoms with Crippen LogP contribution in [-0.4, -0.2) is 30.1 Å². The standard InChI is InChI=1S/C27H18F5N5O4S/c1-41-24-22(42(39,40)36-20-7-4-6-18(28)23(20)29)12-15(13-34-24)14-9-10-19-16(11-14)25(38)37(26(33)35-19)21-8-3-2-5-17(21)27(30,31)32/h2-13,36H,1H3,(H2,33,35). The van der Waals surface area contributed by atoms with Crippen molar-refractivity contribution in [2.75, 3.05) is 17.6 Å². The highest BCUT2D eigenvalue weighted by Gasteiger charge is 2.34. The van der Waals surface area contributed by atoms with E-state index >= 15 is 0 Å². The highest BCUT2D eigenvalue weighted by atomic mass is 32.2. The Bertz CT molecular complexity index is 2030. The molecule has 5 aromatic rings. The number of methoxy groups -OCH3 is 1. The van der Waals surface area contributed by atoms with Gasteiger partial charge in [0.2, 0.25) is 11.8 Å². The highest BCUT2D eigenvalue weighted by molar-refractivity contribution is 7.92. The summed E-state index contributed by atoms with van der Waals surface area (Å²) in [5, 5.41) is -0.126. The molecule has 42 heavy (non-hydrogen) atoms. The topological polar surface area (TPSA) is 129 Å². The lowest BCUT2D eigenvalue weighted by Gasteiger charge is -2.16. The first-order chi connectivity index (χ1) is 19.8. The van der Waals surface area contributed by atoms with Gasteiger partial charge in [-0.2, -0.15) is 13.2 Å². The number of nitrogen functional groups attached to an aromatic ring is 1. The van der Waals surface area contributed by atoms with E-state index in [0.717, 1.165) is 43.5 Å². The third kappa shape index (κ3) is 5.09. The molecule has 2 heterocycles. The van der Waals surface area contributed by atoms with Crippen molar-refractivity contribution in [3.63, 3.8) is 0 Å². The van der Waals surface area contributed by atoms with Gasteiger partial charge in [0, 0.05) is 11.8 Å². The summed E-state index contributed by atoms with van der Waals surface area (Å²) in [5.74, 6) is -3.55. The number of aromatic nitrogens is 3. The molecule has 216 valence electrons. The van der Waals surface area contributed by atoms with Gasteiger partial charge in [0.05, 0.1) is 35.0 Å². The molecule has 0 saturated heterocycles. The van der Waals surface area contributed by atoms with Crippen LogP contribution in [0.1, 0.15) is 5.56 Å². The number of ether oxygens (including phenoxy) is 1. The van der Waals surface area contributed by atoms with E-state index in [1.54, 1.807) is 0 Å². The zero-order chi connectivity index (χ0) is 30.4. The van der Waals surface area contributed by atoms with Crippen molar-refractivity contribution in [3.8, 4) is 22.7 Å². The van der Waals surface area contributed by atoms with Gasteiger partial charge < -0.3 is 10.5 Å². The summed E-state index contributed by atoms with van der Waals surface area (Å²) >= 11 is 0. The van der Waals surface area contributed by atoms with Crippen molar-refractivity contribution in [2.24, 2.45) is 0 Å². The number of fused-ring (bicyclic) bond motifs is 1. The molecule has 3 aromatic carbocycles. The minimum atomic E-state index is -4.79. The Morgan fingerprint density at radius 1 is 0.976 bits per heavy atom. The number of halogens is 5. The molecule has 0 saturated carbocycles. The number of alkyl halides is 3. The average molecular weight is 604 g/mol. The lowest BCUT2D eigenvalue weighted by atomic mass is 10.1. The lowest BCUT2D eigenvalue weighted by Crippen LogP contribution is -2.25. The lowest BCUT2D eigenvalue weighted by molar-refractivity contribution is -0.137. The molecule has 5 rings (SSSR count). The van der Waals surface area contributed by atoms with Gasteiger partial charge >= 0.3 is 6.18 Å². The SMILES string of the molecule is COc1ncc(-c2ccc3nc(N)n(-c4ccccc4C(F)(F)F)c(=O)c3c2)cc1S(=O)(=O)Nc1cccc(F)c1F. The number of hydrogen-bond donors (Lipinski definition) is 2. The fraction of sp³-hybridized carbons (Fsp3) is 0.0741. The highest BCUT2D eigenvalue weighted by Crippen LogP contribution is 2.35. The minimum Gasteiger partial charge on any atom is -0.480 e. The number of nitrogens with two attached hydrogens (primary N) is 1. The first kappa shape index (κ1) is 28.5. The van der Waals surface area contributed by atoms with Gasteiger partial charge in [0.1, 0.15) is 4.90 Å². The second-order valence-electron chi connectivity index (χ2n) is 8.80. The smallest absolute Gasteiger partial charge is 0.418 e. The first-order valence-electron chi connectivity index (χ1n) is 11.8. The Morgan fingerprint density at radius 2 is 1.71 bits per heavy atom. The summed E-state index contributed by atoms with van der Waals surface area (Å²) in [5.41, 5.74) is 3.14. The van der Waals surface area contributed by atoms with Gasteiger partial charge in [-0.1, -0.05) is 24.3 Å². The molecule has 0 spiro atoms. The number of nitrogens with zero attached hydrogens (tertiary/aromatic N) is 3. The summed E-state index contributed by atoms with van der Waals surface area (Å²) in [6, 6.07) is 12.5. The van der Waals surface area contributed by atoms with E-state index in [9.17, 15) is 35.2 Å². The number of benzene rings is 3. The molecular weight excluding hydrogens is 585 g/mol. The van der Waals surface area contributed by atoms with Crippen LogP contribution in [0.2, 0.25) is 0 Å². The molecule has 0 aliphatic heterocycles. The first-order valence-corrected chi connectivity index (χ1v) is 13.3. The van der Waals surface area contributed by atoms with Crippen molar-refractivity contribution in [1.29, 1.82) is 0 Å². The number of para-hydroxylation sites is 1. The normalized spacial score (nSPS) is 12.0. The summed E-state index contributed by atoms with van der Waals surface area (Å²) in [6.07, 6.45) is -3.57. The maximum atomic E-state index is 14.2. The molecule has 0 bridgehead atoms.